The molecule has 2 heterocycles. The van der Waals surface area contributed by atoms with E-state index in [4.69, 9.17) is 11.6 Å². The van der Waals surface area contributed by atoms with Gasteiger partial charge in [-0.05, 0) is 38.5 Å². The fourth-order valence-electron chi connectivity index (χ4n) is 2.16. The maximum atomic E-state index is 11.4. The highest BCUT2D eigenvalue weighted by Gasteiger charge is 2.35. The molecule has 0 aliphatic rings. The SMILES string of the molecule is Cc1c(Cl)c2ccccn2c1C(C)(C)C(=O)O. The molecule has 0 aromatic carbocycles. The number of halogens is 1. The Morgan fingerprint density at radius 3 is 2.65 bits per heavy atom. The van der Waals surface area contributed by atoms with E-state index in [1.807, 2.05) is 35.7 Å². The van der Waals surface area contributed by atoms with Gasteiger partial charge in [0.25, 0.3) is 0 Å². The van der Waals surface area contributed by atoms with Crippen LogP contribution in [0.1, 0.15) is 25.1 Å². The number of aliphatic carboxylic acids is 1. The van der Waals surface area contributed by atoms with E-state index < -0.39 is 11.4 Å². The number of carboxylic acids is 1. The van der Waals surface area contributed by atoms with Gasteiger partial charge in [0, 0.05) is 11.9 Å². The smallest absolute Gasteiger partial charge is 0.315 e. The summed E-state index contributed by atoms with van der Waals surface area (Å²) in [7, 11) is 0. The van der Waals surface area contributed by atoms with Gasteiger partial charge >= 0.3 is 5.97 Å². The third kappa shape index (κ3) is 1.62. The minimum Gasteiger partial charge on any atom is -0.481 e. The van der Waals surface area contributed by atoms with Gasteiger partial charge in [-0.1, -0.05) is 17.7 Å². The summed E-state index contributed by atoms with van der Waals surface area (Å²) >= 11 is 6.24. The number of rotatable bonds is 2. The Hall–Kier alpha value is -1.48. The van der Waals surface area contributed by atoms with Gasteiger partial charge in [-0.15, -0.1) is 0 Å². The molecule has 0 spiro atoms. The number of hydrogen-bond donors (Lipinski definition) is 1. The van der Waals surface area contributed by atoms with Crippen molar-refractivity contribution in [3.63, 3.8) is 0 Å². The third-order valence-electron chi connectivity index (χ3n) is 3.14. The normalized spacial score (nSPS) is 12.0. The molecule has 0 aliphatic heterocycles. The van der Waals surface area contributed by atoms with Crippen LogP contribution in [0.5, 0.6) is 0 Å². The second-order valence-electron chi connectivity index (χ2n) is 4.67. The Morgan fingerprint density at radius 1 is 1.41 bits per heavy atom. The molecular weight excluding hydrogens is 238 g/mol. The van der Waals surface area contributed by atoms with Crippen LogP contribution in [0.3, 0.4) is 0 Å². The van der Waals surface area contributed by atoms with E-state index in [0.717, 1.165) is 16.8 Å². The topological polar surface area (TPSA) is 41.7 Å². The van der Waals surface area contributed by atoms with Gasteiger partial charge in [0.05, 0.1) is 10.5 Å². The van der Waals surface area contributed by atoms with E-state index in [1.54, 1.807) is 13.8 Å². The monoisotopic (exact) mass is 251 g/mol. The van der Waals surface area contributed by atoms with E-state index in [2.05, 4.69) is 0 Å². The second kappa shape index (κ2) is 3.77. The number of pyridine rings is 1. The predicted octanol–water partition coefficient (Wildman–Crippen LogP) is 3.26. The van der Waals surface area contributed by atoms with Crippen LogP contribution in [0.25, 0.3) is 5.52 Å². The molecule has 0 fully saturated rings. The van der Waals surface area contributed by atoms with Crippen LogP contribution in [0.4, 0.5) is 0 Å². The third-order valence-corrected chi connectivity index (χ3v) is 3.61. The van der Waals surface area contributed by atoms with E-state index in [1.165, 1.54) is 0 Å². The molecule has 1 N–H and O–H groups in total. The van der Waals surface area contributed by atoms with Gasteiger partial charge in [-0.25, -0.2) is 0 Å². The summed E-state index contributed by atoms with van der Waals surface area (Å²) in [5.74, 6) is -0.861. The van der Waals surface area contributed by atoms with Crippen LogP contribution in [0.2, 0.25) is 5.02 Å². The van der Waals surface area contributed by atoms with Gasteiger partial charge in [0.1, 0.15) is 5.41 Å². The fraction of sp³-hybridized carbons (Fsp3) is 0.308. The first kappa shape index (κ1) is 12.0. The van der Waals surface area contributed by atoms with Crippen LogP contribution in [-0.4, -0.2) is 15.5 Å². The average molecular weight is 252 g/mol. The van der Waals surface area contributed by atoms with Crippen molar-refractivity contribution in [2.45, 2.75) is 26.2 Å². The Balaban J connectivity index is 2.87. The molecule has 2 aromatic heterocycles. The highest BCUT2D eigenvalue weighted by molar-refractivity contribution is 6.35. The maximum Gasteiger partial charge on any atom is 0.315 e. The first-order valence-electron chi connectivity index (χ1n) is 5.36. The molecule has 17 heavy (non-hydrogen) atoms. The average Bonchev–Trinajstić information content (AvgIpc) is 2.52. The summed E-state index contributed by atoms with van der Waals surface area (Å²) in [6.45, 7) is 5.23. The minimum absolute atomic E-state index is 0.620. The number of nitrogens with zero attached hydrogens (tertiary/aromatic N) is 1. The number of carboxylic acid groups (broad SMARTS) is 1. The van der Waals surface area contributed by atoms with E-state index in [-0.39, 0.29) is 0 Å². The molecule has 4 heteroatoms. The molecule has 0 unspecified atom stereocenters. The van der Waals surface area contributed by atoms with Gasteiger partial charge in [0.15, 0.2) is 0 Å². The van der Waals surface area contributed by atoms with Crippen LogP contribution >= 0.6 is 11.6 Å². The molecule has 0 aliphatic carbocycles. The van der Waals surface area contributed by atoms with Crippen molar-refractivity contribution >= 4 is 23.1 Å². The quantitative estimate of drug-likeness (QED) is 0.890. The van der Waals surface area contributed by atoms with E-state index in [9.17, 15) is 9.90 Å². The van der Waals surface area contributed by atoms with Crippen molar-refractivity contribution in [2.24, 2.45) is 0 Å². The minimum atomic E-state index is -0.971. The lowest BCUT2D eigenvalue weighted by Gasteiger charge is -2.20. The Bertz CT molecular complexity index is 599. The molecule has 90 valence electrons. The van der Waals surface area contributed by atoms with Gasteiger partial charge in [-0.2, -0.15) is 0 Å². The lowest BCUT2D eigenvalue weighted by Crippen LogP contribution is -2.30. The molecule has 0 amide bonds. The summed E-state index contributed by atoms with van der Waals surface area (Å²) in [5.41, 5.74) is 1.42. The van der Waals surface area contributed by atoms with Crippen LogP contribution < -0.4 is 0 Å². The summed E-state index contributed by atoms with van der Waals surface area (Å²) in [4.78, 5) is 11.4. The first-order valence-corrected chi connectivity index (χ1v) is 5.74. The summed E-state index contributed by atoms with van der Waals surface area (Å²) in [5, 5.41) is 9.95. The standard InChI is InChI=1S/C13H14ClNO2/c1-8-10(14)9-6-4-5-7-15(9)11(8)13(2,3)12(16)17/h4-7H,1-3H3,(H,16,17). The molecule has 0 bridgehead atoms. The Kier molecular flexibility index (Phi) is 2.66. The zero-order valence-electron chi connectivity index (χ0n) is 9.99. The van der Waals surface area contributed by atoms with Crippen molar-refractivity contribution in [1.82, 2.24) is 4.40 Å². The predicted molar refractivity (Wildman–Crippen MR) is 67.8 cm³/mol. The van der Waals surface area contributed by atoms with Gasteiger partial charge in [-0.3, -0.25) is 4.79 Å². The number of carbonyl (C=O) groups is 1. The molecule has 2 rings (SSSR count). The molecule has 2 aromatic rings. The molecular formula is C13H14ClNO2. The second-order valence-corrected chi connectivity index (χ2v) is 5.05. The maximum absolute atomic E-state index is 11.4. The molecule has 0 atom stereocenters. The molecule has 3 nitrogen and oxygen atoms in total. The highest BCUT2D eigenvalue weighted by Crippen LogP contribution is 2.35. The largest absolute Gasteiger partial charge is 0.481 e. The molecule has 0 saturated heterocycles. The van der Waals surface area contributed by atoms with Crippen molar-refractivity contribution < 1.29 is 9.90 Å². The zero-order valence-corrected chi connectivity index (χ0v) is 10.7. The van der Waals surface area contributed by atoms with E-state index in [0.29, 0.717) is 5.02 Å². The lowest BCUT2D eigenvalue weighted by atomic mass is 9.87. The van der Waals surface area contributed by atoms with Crippen LogP contribution in [0.15, 0.2) is 24.4 Å². The van der Waals surface area contributed by atoms with Crippen molar-refractivity contribution in [1.29, 1.82) is 0 Å². The van der Waals surface area contributed by atoms with Gasteiger partial charge in [0.2, 0.25) is 0 Å². The summed E-state index contributed by atoms with van der Waals surface area (Å²) in [6, 6.07) is 5.64. The van der Waals surface area contributed by atoms with Crippen molar-refractivity contribution in [2.75, 3.05) is 0 Å². The number of aromatic nitrogens is 1. The molecule has 0 saturated carbocycles. The fourth-order valence-corrected chi connectivity index (χ4v) is 2.41. The zero-order chi connectivity index (χ0) is 12.8. The van der Waals surface area contributed by atoms with E-state index >= 15 is 0 Å². The Labute approximate surface area is 105 Å². The van der Waals surface area contributed by atoms with Gasteiger partial charge < -0.3 is 9.51 Å². The first-order chi connectivity index (χ1) is 7.87. The van der Waals surface area contributed by atoms with Crippen molar-refractivity contribution in [3.05, 3.63) is 40.7 Å². The highest BCUT2D eigenvalue weighted by atomic mass is 35.5. The number of hydrogen-bond acceptors (Lipinski definition) is 1. The van der Waals surface area contributed by atoms with Crippen molar-refractivity contribution in [3.8, 4) is 0 Å². The Morgan fingerprint density at radius 2 is 2.06 bits per heavy atom. The summed E-state index contributed by atoms with van der Waals surface area (Å²) < 4.78 is 1.85. The lowest BCUT2D eigenvalue weighted by molar-refractivity contribution is -0.142. The van der Waals surface area contributed by atoms with Crippen LogP contribution in [0, 0.1) is 6.92 Å². The summed E-state index contributed by atoms with van der Waals surface area (Å²) in [6.07, 6.45) is 1.84. The van der Waals surface area contributed by atoms with Crippen LogP contribution in [-0.2, 0) is 10.2 Å². The number of fused-ring (bicyclic) bond motifs is 1. The molecule has 0 radical (unpaired) electrons.